The van der Waals surface area contributed by atoms with Gasteiger partial charge in [-0.25, -0.2) is 4.79 Å². The molecule has 0 radical (unpaired) electrons. The second-order valence-electron chi connectivity index (χ2n) is 8.36. The van der Waals surface area contributed by atoms with Gasteiger partial charge in [0, 0.05) is 18.7 Å². The number of unbranched alkanes of at least 4 members (excludes halogenated alkanes) is 1. The van der Waals surface area contributed by atoms with Crippen molar-refractivity contribution in [3.63, 3.8) is 0 Å². The lowest BCUT2D eigenvalue weighted by atomic mass is 10.1. The number of carbonyl (C=O) groups excluding carboxylic acids is 2. The molecule has 6 nitrogen and oxygen atoms in total. The summed E-state index contributed by atoms with van der Waals surface area (Å²) in [6.07, 6.45) is 3.99. The van der Waals surface area contributed by atoms with E-state index in [-0.39, 0.29) is 5.91 Å². The quantitative estimate of drug-likeness (QED) is 0.507. The van der Waals surface area contributed by atoms with E-state index < -0.39 is 11.7 Å². The number of amides is 2. The predicted octanol–water partition coefficient (Wildman–Crippen LogP) is 4.34. The van der Waals surface area contributed by atoms with Crippen molar-refractivity contribution in [3.05, 3.63) is 35.4 Å². The van der Waals surface area contributed by atoms with E-state index in [9.17, 15) is 9.59 Å². The van der Waals surface area contributed by atoms with E-state index in [1.165, 1.54) is 12.8 Å². The Bertz CT molecular complexity index is 603. The number of hydrogen-bond acceptors (Lipinski definition) is 4. The van der Waals surface area contributed by atoms with Crippen LogP contribution >= 0.6 is 0 Å². The van der Waals surface area contributed by atoms with Gasteiger partial charge in [0.15, 0.2) is 0 Å². The summed E-state index contributed by atoms with van der Waals surface area (Å²) in [6.45, 7) is 14.3. The zero-order valence-corrected chi connectivity index (χ0v) is 18.8. The minimum atomic E-state index is -0.518. The minimum absolute atomic E-state index is 0.0596. The third-order valence-corrected chi connectivity index (χ3v) is 4.32. The second-order valence-corrected chi connectivity index (χ2v) is 8.36. The number of nitrogens with one attached hydrogen (secondary N) is 2. The number of alkyl carbamates (subject to hydrolysis) is 1. The first-order valence-corrected chi connectivity index (χ1v) is 10.8. The largest absolute Gasteiger partial charge is 0.444 e. The summed E-state index contributed by atoms with van der Waals surface area (Å²) < 4.78 is 5.21. The van der Waals surface area contributed by atoms with Crippen molar-refractivity contribution in [2.75, 3.05) is 26.2 Å². The first-order chi connectivity index (χ1) is 13.7. The van der Waals surface area contributed by atoms with Crippen LogP contribution < -0.4 is 10.6 Å². The highest BCUT2D eigenvalue weighted by Gasteiger charge is 2.15. The highest BCUT2D eigenvalue weighted by molar-refractivity contribution is 5.94. The molecule has 0 aliphatic rings. The van der Waals surface area contributed by atoms with Gasteiger partial charge in [0.1, 0.15) is 5.60 Å². The summed E-state index contributed by atoms with van der Waals surface area (Å²) in [6, 6.07) is 7.26. The van der Waals surface area contributed by atoms with Crippen molar-refractivity contribution in [2.24, 2.45) is 0 Å². The normalized spacial score (nSPS) is 11.4. The topological polar surface area (TPSA) is 70.7 Å². The molecular weight excluding hydrogens is 366 g/mol. The molecule has 1 rings (SSSR count). The molecule has 0 unspecified atom stereocenters. The minimum Gasteiger partial charge on any atom is -0.444 e. The molecule has 2 amide bonds. The first kappa shape index (κ1) is 25.0. The average molecular weight is 406 g/mol. The van der Waals surface area contributed by atoms with Crippen LogP contribution in [0.5, 0.6) is 0 Å². The fourth-order valence-corrected chi connectivity index (χ4v) is 2.99. The molecule has 0 aliphatic carbocycles. The zero-order chi connectivity index (χ0) is 21.7. The van der Waals surface area contributed by atoms with E-state index in [2.05, 4.69) is 29.4 Å². The lowest BCUT2D eigenvalue weighted by molar-refractivity contribution is 0.0523. The molecule has 0 saturated carbocycles. The van der Waals surface area contributed by atoms with Gasteiger partial charge in [0.2, 0.25) is 0 Å². The molecule has 1 aromatic carbocycles. The van der Waals surface area contributed by atoms with Gasteiger partial charge >= 0.3 is 6.09 Å². The van der Waals surface area contributed by atoms with Gasteiger partial charge < -0.3 is 20.3 Å². The molecule has 0 saturated heterocycles. The van der Waals surface area contributed by atoms with Crippen LogP contribution in [-0.4, -0.2) is 48.7 Å². The van der Waals surface area contributed by atoms with E-state index in [0.29, 0.717) is 18.7 Å². The first-order valence-electron chi connectivity index (χ1n) is 10.8. The van der Waals surface area contributed by atoms with Crippen molar-refractivity contribution in [3.8, 4) is 0 Å². The van der Waals surface area contributed by atoms with Gasteiger partial charge in [0.25, 0.3) is 5.91 Å². The Balaban J connectivity index is 2.30. The van der Waals surface area contributed by atoms with Gasteiger partial charge in [-0.15, -0.1) is 0 Å². The molecule has 0 spiro atoms. The Morgan fingerprint density at radius 2 is 1.55 bits per heavy atom. The van der Waals surface area contributed by atoms with E-state index in [4.69, 9.17) is 4.74 Å². The summed E-state index contributed by atoms with van der Waals surface area (Å²) in [5, 5.41) is 5.70. The number of nitrogens with zero attached hydrogens (tertiary/aromatic N) is 1. The summed E-state index contributed by atoms with van der Waals surface area (Å²) in [5.41, 5.74) is 1.03. The SMILES string of the molecule is CCCN(CCC)CCCCNC(=O)c1ccc(CNC(=O)OC(C)(C)C)cc1. The smallest absolute Gasteiger partial charge is 0.407 e. The maximum Gasteiger partial charge on any atom is 0.407 e. The summed E-state index contributed by atoms with van der Waals surface area (Å²) in [5.74, 6) is -0.0596. The molecule has 164 valence electrons. The van der Waals surface area contributed by atoms with E-state index in [0.717, 1.165) is 38.0 Å². The number of benzene rings is 1. The number of carbonyl (C=O) groups is 2. The maximum atomic E-state index is 12.3. The van der Waals surface area contributed by atoms with E-state index in [1.54, 1.807) is 12.1 Å². The van der Waals surface area contributed by atoms with Crippen LogP contribution in [0.4, 0.5) is 4.79 Å². The molecule has 29 heavy (non-hydrogen) atoms. The molecule has 0 bridgehead atoms. The van der Waals surface area contributed by atoms with Gasteiger partial charge in [0.05, 0.1) is 0 Å². The molecular formula is C23H39N3O3. The molecule has 0 atom stereocenters. The van der Waals surface area contributed by atoms with Crippen LogP contribution in [0, 0.1) is 0 Å². The Kier molecular flexibility index (Phi) is 11.4. The molecule has 0 heterocycles. The van der Waals surface area contributed by atoms with Gasteiger partial charge in [-0.1, -0.05) is 26.0 Å². The fraction of sp³-hybridized carbons (Fsp3) is 0.652. The van der Waals surface area contributed by atoms with E-state index in [1.807, 2.05) is 32.9 Å². The predicted molar refractivity (Wildman–Crippen MR) is 118 cm³/mol. The van der Waals surface area contributed by atoms with Crippen LogP contribution in [0.3, 0.4) is 0 Å². The standard InChI is InChI=1S/C23H39N3O3/c1-6-15-26(16-7-2)17-9-8-14-24-21(27)20-12-10-19(11-13-20)18-25-22(28)29-23(3,4)5/h10-13H,6-9,14-18H2,1-5H3,(H,24,27)(H,25,28). The third kappa shape index (κ3) is 11.5. The molecule has 2 N–H and O–H groups in total. The lowest BCUT2D eigenvalue weighted by Crippen LogP contribution is -2.32. The average Bonchev–Trinajstić information content (AvgIpc) is 2.65. The van der Waals surface area contributed by atoms with Crippen molar-refractivity contribution in [1.82, 2.24) is 15.5 Å². The van der Waals surface area contributed by atoms with E-state index >= 15 is 0 Å². The van der Waals surface area contributed by atoms with Crippen LogP contribution in [0.15, 0.2) is 24.3 Å². The van der Waals surface area contributed by atoms with Crippen molar-refractivity contribution >= 4 is 12.0 Å². The molecule has 0 aromatic heterocycles. The summed E-state index contributed by atoms with van der Waals surface area (Å²) >= 11 is 0. The number of hydrogen-bond donors (Lipinski definition) is 2. The summed E-state index contributed by atoms with van der Waals surface area (Å²) in [7, 11) is 0. The van der Waals surface area contributed by atoms with Crippen LogP contribution in [0.25, 0.3) is 0 Å². The Morgan fingerprint density at radius 1 is 0.931 bits per heavy atom. The molecule has 1 aromatic rings. The van der Waals surface area contributed by atoms with Gasteiger partial charge in [-0.2, -0.15) is 0 Å². The zero-order valence-electron chi connectivity index (χ0n) is 18.8. The maximum absolute atomic E-state index is 12.3. The summed E-state index contributed by atoms with van der Waals surface area (Å²) in [4.78, 5) is 26.5. The monoisotopic (exact) mass is 405 g/mol. The molecule has 6 heteroatoms. The lowest BCUT2D eigenvalue weighted by Gasteiger charge is -2.20. The van der Waals surface area contributed by atoms with Gasteiger partial charge in [-0.05, 0) is 83.8 Å². The van der Waals surface area contributed by atoms with Crippen molar-refractivity contribution in [1.29, 1.82) is 0 Å². The third-order valence-electron chi connectivity index (χ3n) is 4.32. The number of ether oxygens (including phenoxy) is 1. The number of rotatable bonds is 12. The van der Waals surface area contributed by atoms with Crippen LogP contribution in [0.1, 0.15) is 76.2 Å². The highest BCUT2D eigenvalue weighted by Crippen LogP contribution is 2.08. The second kappa shape index (κ2) is 13.2. The van der Waals surface area contributed by atoms with Crippen molar-refractivity contribution in [2.45, 2.75) is 72.4 Å². The van der Waals surface area contributed by atoms with Crippen LogP contribution in [-0.2, 0) is 11.3 Å². The van der Waals surface area contributed by atoms with Crippen molar-refractivity contribution < 1.29 is 14.3 Å². The molecule has 0 aliphatic heterocycles. The highest BCUT2D eigenvalue weighted by atomic mass is 16.6. The Morgan fingerprint density at radius 3 is 2.10 bits per heavy atom. The van der Waals surface area contributed by atoms with Crippen LogP contribution in [0.2, 0.25) is 0 Å². The fourth-order valence-electron chi connectivity index (χ4n) is 2.99. The molecule has 0 fully saturated rings. The Hall–Kier alpha value is -2.08. The Labute approximate surface area is 176 Å². The van der Waals surface area contributed by atoms with Gasteiger partial charge in [-0.3, -0.25) is 4.79 Å².